The molecule has 0 unspecified atom stereocenters. The SMILES string of the molecule is COc1cccc2[nH]c(C(=O)N[C@@H](CC(C)C)C(=O)N[C@H](C#N)CC[C@@H]3CCNC3=O)cc12. The molecule has 33 heavy (non-hydrogen) atoms. The van der Waals surface area contributed by atoms with Gasteiger partial charge in [-0.2, -0.15) is 5.26 Å². The summed E-state index contributed by atoms with van der Waals surface area (Å²) < 4.78 is 5.34. The highest BCUT2D eigenvalue weighted by Crippen LogP contribution is 2.26. The first-order valence-electron chi connectivity index (χ1n) is 11.3. The van der Waals surface area contributed by atoms with Crippen LogP contribution in [0.25, 0.3) is 10.9 Å². The second kappa shape index (κ2) is 10.9. The second-order valence-corrected chi connectivity index (χ2v) is 8.80. The average molecular weight is 454 g/mol. The lowest BCUT2D eigenvalue weighted by Crippen LogP contribution is -2.50. The number of ether oxygens (including phenoxy) is 1. The van der Waals surface area contributed by atoms with Gasteiger partial charge in [0.25, 0.3) is 5.91 Å². The van der Waals surface area contributed by atoms with Crippen LogP contribution in [-0.2, 0) is 9.59 Å². The van der Waals surface area contributed by atoms with E-state index in [0.29, 0.717) is 37.3 Å². The highest BCUT2D eigenvalue weighted by Gasteiger charge is 2.28. The van der Waals surface area contributed by atoms with Crippen molar-refractivity contribution < 1.29 is 19.1 Å². The zero-order chi connectivity index (χ0) is 24.0. The van der Waals surface area contributed by atoms with Crippen molar-refractivity contribution in [3.63, 3.8) is 0 Å². The third-order valence-corrected chi connectivity index (χ3v) is 5.86. The van der Waals surface area contributed by atoms with Crippen LogP contribution in [0.2, 0.25) is 0 Å². The molecule has 4 N–H and O–H groups in total. The van der Waals surface area contributed by atoms with Gasteiger partial charge in [0.05, 0.1) is 13.2 Å². The van der Waals surface area contributed by atoms with Gasteiger partial charge in [0.15, 0.2) is 0 Å². The van der Waals surface area contributed by atoms with Gasteiger partial charge in [-0.15, -0.1) is 0 Å². The first kappa shape index (κ1) is 24.1. The summed E-state index contributed by atoms with van der Waals surface area (Å²) in [5.41, 5.74) is 1.07. The van der Waals surface area contributed by atoms with Crippen molar-refractivity contribution in [3.8, 4) is 11.8 Å². The summed E-state index contributed by atoms with van der Waals surface area (Å²) in [5, 5.41) is 18.6. The van der Waals surface area contributed by atoms with Crippen molar-refractivity contribution >= 4 is 28.6 Å². The van der Waals surface area contributed by atoms with Crippen molar-refractivity contribution in [1.82, 2.24) is 20.9 Å². The minimum Gasteiger partial charge on any atom is -0.496 e. The van der Waals surface area contributed by atoms with E-state index in [0.717, 1.165) is 17.3 Å². The van der Waals surface area contributed by atoms with Crippen LogP contribution in [0.15, 0.2) is 24.3 Å². The summed E-state index contributed by atoms with van der Waals surface area (Å²) in [6.07, 6.45) is 2.07. The minimum absolute atomic E-state index is 0.00192. The lowest BCUT2D eigenvalue weighted by atomic mass is 9.98. The Morgan fingerprint density at radius 1 is 1.30 bits per heavy atom. The molecule has 9 heteroatoms. The van der Waals surface area contributed by atoms with E-state index in [1.807, 2.05) is 32.0 Å². The molecule has 0 saturated carbocycles. The first-order valence-corrected chi connectivity index (χ1v) is 11.3. The largest absolute Gasteiger partial charge is 0.496 e. The van der Waals surface area contributed by atoms with Gasteiger partial charge < -0.3 is 25.7 Å². The van der Waals surface area contributed by atoms with Crippen LogP contribution in [-0.4, -0.2) is 48.4 Å². The minimum atomic E-state index is -0.795. The molecule has 1 fully saturated rings. The third-order valence-electron chi connectivity index (χ3n) is 5.86. The molecule has 3 amide bonds. The molecule has 3 atom stereocenters. The maximum atomic E-state index is 13.0. The highest BCUT2D eigenvalue weighted by molar-refractivity contribution is 6.01. The summed E-state index contributed by atoms with van der Waals surface area (Å²) in [7, 11) is 1.56. The standard InChI is InChI=1S/C24H31N5O4/c1-14(2)11-19(23(31)27-16(13-25)8-7-15-9-10-26-22(15)30)29-24(32)20-12-17-18(28-20)5-4-6-21(17)33-3/h4-6,12,14-16,19,28H,7-11H2,1-3H3,(H,26,30)(H,27,31)(H,29,32)/t15-,16+,19+/m1/s1. The maximum absolute atomic E-state index is 13.0. The lowest BCUT2D eigenvalue weighted by molar-refractivity contribution is -0.123. The van der Waals surface area contributed by atoms with Gasteiger partial charge >= 0.3 is 0 Å². The number of rotatable bonds is 10. The topological polar surface area (TPSA) is 136 Å². The number of benzene rings is 1. The van der Waals surface area contributed by atoms with Crippen molar-refractivity contribution in [2.24, 2.45) is 11.8 Å². The first-order chi connectivity index (χ1) is 15.8. The monoisotopic (exact) mass is 453 g/mol. The lowest BCUT2D eigenvalue weighted by Gasteiger charge is -2.22. The van der Waals surface area contributed by atoms with Crippen LogP contribution in [0, 0.1) is 23.2 Å². The van der Waals surface area contributed by atoms with E-state index in [4.69, 9.17) is 4.74 Å². The number of hydrogen-bond donors (Lipinski definition) is 4. The zero-order valence-electron chi connectivity index (χ0n) is 19.2. The number of methoxy groups -OCH3 is 1. The molecule has 1 aliphatic rings. The summed E-state index contributed by atoms with van der Waals surface area (Å²) in [6, 6.07) is 7.75. The predicted octanol–water partition coefficient (Wildman–Crippen LogP) is 2.25. The quantitative estimate of drug-likeness (QED) is 0.437. The Hall–Kier alpha value is -3.54. The molecule has 9 nitrogen and oxygen atoms in total. The molecule has 1 aliphatic heterocycles. The number of carbonyl (C=O) groups excluding carboxylic acids is 3. The molecule has 1 saturated heterocycles. The summed E-state index contributed by atoms with van der Waals surface area (Å²) in [4.78, 5) is 40.7. The molecule has 3 rings (SSSR count). The van der Waals surface area contributed by atoms with Crippen LogP contribution in [0.1, 0.15) is 50.0 Å². The number of aromatic amines is 1. The smallest absolute Gasteiger partial charge is 0.268 e. The Morgan fingerprint density at radius 3 is 2.73 bits per heavy atom. The number of aromatic nitrogens is 1. The van der Waals surface area contributed by atoms with E-state index in [1.165, 1.54) is 0 Å². The zero-order valence-corrected chi connectivity index (χ0v) is 19.2. The molecule has 2 heterocycles. The molecular weight excluding hydrogens is 422 g/mol. The van der Waals surface area contributed by atoms with Gasteiger partial charge in [-0.1, -0.05) is 19.9 Å². The van der Waals surface area contributed by atoms with E-state index < -0.39 is 23.9 Å². The van der Waals surface area contributed by atoms with Crippen LogP contribution in [0.4, 0.5) is 0 Å². The van der Waals surface area contributed by atoms with Crippen LogP contribution in [0.5, 0.6) is 5.75 Å². The number of nitrogens with zero attached hydrogens (tertiary/aromatic N) is 1. The molecule has 0 radical (unpaired) electrons. The molecule has 0 aliphatic carbocycles. The number of fused-ring (bicyclic) bond motifs is 1. The van der Waals surface area contributed by atoms with E-state index >= 15 is 0 Å². The molecule has 176 valence electrons. The average Bonchev–Trinajstić information content (AvgIpc) is 3.41. The fourth-order valence-electron chi connectivity index (χ4n) is 4.10. The van der Waals surface area contributed by atoms with Crippen molar-refractivity contribution in [1.29, 1.82) is 5.26 Å². The van der Waals surface area contributed by atoms with Crippen LogP contribution >= 0.6 is 0 Å². The number of nitrogens with one attached hydrogen (secondary N) is 4. The van der Waals surface area contributed by atoms with Crippen molar-refractivity contribution in [3.05, 3.63) is 30.0 Å². The fraction of sp³-hybridized carbons (Fsp3) is 0.500. The van der Waals surface area contributed by atoms with Crippen molar-refractivity contribution in [2.45, 2.75) is 51.6 Å². The van der Waals surface area contributed by atoms with Crippen LogP contribution in [0.3, 0.4) is 0 Å². The van der Waals surface area contributed by atoms with E-state index in [1.54, 1.807) is 13.2 Å². The van der Waals surface area contributed by atoms with Crippen LogP contribution < -0.4 is 20.7 Å². The van der Waals surface area contributed by atoms with Gasteiger partial charge in [0.1, 0.15) is 23.5 Å². The number of hydrogen-bond acceptors (Lipinski definition) is 5. The molecule has 0 bridgehead atoms. The Bertz CT molecular complexity index is 1050. The van der Waals surface area contributed by atoms with E-state index in [-0.39, 0.29) is 17.7 Å². The van der Waals surface area contributed by atoms with E-state index in [9.17, 15) is 19.6 Å². The molecular formula is C24H31N5O4. The van der Waals surface area contributed by atoms with Gasteiger partial charge in [0.2, 0.25) is 11.8 Å². The third kappa shape index (κ3) is 6.04. The molecule has 1 aromatic heterocycles. The Kier molecular flexibility index (Phi) is 7.93. The summed E-state index contributed by atoms with van der Waals surface area (Å²) in [6.45, 7) is 4.57. The Labute approximate surface area is 193 Å². The number of H-pyrrole nitrogens is 1. The number of nitriles is 1. The molecule has 1 aromatic carbocycles. The Balaban J connectivity index is 1.66. The number of amides is 3. The summed E-state index contributed by atoms with van der Waals surface area (Å²) >= 11 is 0. The fourth-order valence-corrected chi connectivity index (χ4v) is 4.10. The van der Waals surface area contributed by atoms with E-state index in [2.05, 4.69) is 27.0 Å². The van der Waals surface area contributed by atoms with Gasteiger partial charge in [0, 0.05) is 23.4 Å². The maximum Gasteiger partial charge on any atom is 0.268 e. The second-order valence-electron chi connectivity index (χ2n) is 8.80. The van der Waals surface area contributed by atoms with Gasteiger partial charge in [-0.3, -0.25) is 14.4 Å². The summed E-state index contributed by atoms with van der Waals surface area (Å²) in [5.74, 6) is -0.155. The number of carbonyl (C=O) groups is 3. The Morgan fingerprint density at radius 2 is 2.09 bits per heavy atom. The van der Waals surface area contributed by atoms with Crippen molar-refractivity contribution in [2.75, 3.05) is 13.7 Å². The van der Waals surface area contributed by atoms with Gasteiger partial charge in [-0.05, 0) is 49.8 Å². The predicted molar refractivity (Wildman–Crippen MR) is 123 cm³/mol. The molecule has 2 aromatic rings. The highest BCUT2D eigenvalue weighted by atomic mass is 16.5. The van der Waals surface area contributed by atoms with Gasteiger partial charge in [-0.25, -0.2) is 0 Å². The molecule has 0 spiro atoms. The normalized spacial score (nSPS) is 17.3.